The fourth-order valence-electron chi connectivity index (χ4n) is 2.11. The Morgan fingerprint density at radius 2 is 2.29 bits per heavy atom. The standard InChI is InChI=1S/C13H13N5O2S/c1-7-5-9-11(15-7)16-8(2)18(12(9)20)6-10(19)17-13-14-3-4-21-13/h3-5,15H,6H2,1-2H3,(H,14,17,19). The van der Waals surface area contributed by atoms with E-state index >= 15 is 0 Å². The molecule has 3 aromatic heterocycles. The first-order valence-corrected chi connectivity index (χ1v) is 7.18. The molecule has 21 heavy (non-hydrogen) atoms. The predicted molar refractivity (Wildman–Crippen MR) is 80.6 cm³/mol. The van der Waals surface area contributed by atoms with Crippen molar-refractivity contribution in [2.75, 3.05) is 5.32 Å². The van der Waals surface area contributed by atoms with Gasteiger partial charge in [0.1, 0.15) is 18.0 Å². The van der Waals surface area contributed by atoms with Gasteiger partial charge in [0.25, 0.3) is 5.56 Å². The highest BCUT2D eigenvalue weighted by atomic mass is 32.1. The van der Waals surface area contributed by atoms with Crippen LogP contribution < -0.4 is 10.9 Å². The molecule has 2 N–H and O–H groups in total. The summed E-state index contributed by atoms with van der Waals surface area (Å²) in [5.74, 6) is 0.187. The first kappa shape index (κ1) is 13.5. The first-order valence-electron chi connectivity index (χ1n) is 6.30. The number of thiazole rings is 1. The lowest BCUT2D eigenvalue weighted by Crippen LogP contribution is -2.30. The molecule has 0 unspecified atom stereocenters. The molecule has 0 spiro atoms. The highest BCUT2D eigenvalue weighted by Gasteiger charge is 2.13. The van der Waals surface area contributed by atoms with Gasteiger partial charge in [-0.05, 0) is 19.9 Å². The van der Waals surface area contributed by atoms with Crippen molar-refractivity contribution < 1.29 is 4.79 Å². The van der Waals surface area contributed by atoms with Gasteiger partial charge in [0.2, 0.25) is 5.91 Å². The van der Waals surface area contributed by atoms with Gasteiger partial charge in [0.05, 0.1) is 5.39 Å². The number of aryl methyl sites for hydroxylation is 2. The van der Waals surface area contributed by atoms with Gasteiger partial charge in [-0.2, -0.15) is 0 Å². The number of nitrogens with one attached hydrogen (secondary N) is 2. The zero-order chi connectivity index (χ0) is 15.0. The number of carbonyl (C=O) groups is 1. The fraction of sp³-hybridized carbons (Fsp3) is 0.231. The summed E-state index contributed by atoms with van der Waals surface area (Å²) in [6.07, 6.45) is 1.61. The third-order valence-electron chi connectivity index (χ3n) is 3.05. The third-order valence-corrected chi connectivity index (χ3v) is 3.74. The lowest BCUT2D eigenvalue weighted by Gasteiger charge is -2.08. The molecule has 0 saturated carbocycles. The minimum absolute atomic E-state index is 0.0859. The summed E-state index contributed by atoms with van der Waals surface area (Å²) < 4.78 is 1.36. The molecule has 0 saturated heterocycles. The van der Waals surface area contributed by atoms with Crippen molar-refractivity contribution in [2.24, 2.45) is 0 Å². The molecule has 1 amide bonds. The predicted octanol–water partition coefficient (Wildman–Crippen LogP) is 1.44. The van der Waals surface area contributed by atoms with Gasteiger partial charge in [-0.1, -0.05) is 0 Å². The van der Waals surface area contributed by atoms with Crippen LogP contribution in [0.5, 0.6) is 0 Å². The van der Waals surface area contributed by atoms with Crippen molar-refractivity contribution in [1.82, 2.24) is 19.5 Å². The molecule has 0 aliphatic heterocycles. The number of H-pyrrole nitrogens is 1. The Labute approximate surface area is 123 Å². The van der Waals surface area contributed by atoms with Gasteiger partial charge in [-0.25, -0.2) is 9.97 Å². The number of amides is 1. The van der Waals surface area contributed by atoms with Crippen molar-refractivity contribution >= 4 is 33.4 Å². The first-order chi connectivity index (χ1) is 10.0. The van der Waals surface area contributed by atoms with E-state index in [1.165, 1.54) is 15.9 Å². The molecule has 0 aromatic carbocycles. The van der Waals surface area contributed by atoms with Gasteiger partial charge in [-0.3, -0.25) is 14.2 Å². The van der Waals surface area contributed by atoms with Crippen LogP contribution in [0.25, 0.3) is 11.0 Å². The largest absolute Gasteiger partial charge is 0.343 e. The summed E-state index contributed by atoms with van der Waals surface area (Å²) in [7, 11) is 0. The van der Waals surface area contributed by atoms with Gasteiger partial charge < -0.3 is 10.3 Å². The van der Waals surface area contributed by atoms with Crippen LogP contribution in [0.4, 0.5) is 5.13 Å². The number of nitrogens with zero attached hydrogens (tertiary/aromatic N) is 3. The van der Waals surface area contributed by atoms with Crippen LogP contribution in [-0.2, 0) is 11.3 Å². The quantitative estimate of drug-likeness (QED) is 0.765. The van der Waals surface area contributed by atoms with Crippen LogP contribution in [0.2, 0.25) is 0 Å². The molecule has 0 atom stereocenters. The van der Waals surface area contributed by atoms with E-state index in [4.69, 9.17) is 0 Å². The van der Waals surface area contributed by atoms with Gasteiger partial charge in [0, 0.05) is 17.3 Å². The van der Waals surface area contributed by atoms with E-state index in [1.807, 2.05) is 6.92 Å². The zero-order valence-corrected chi connectivity index (χ0v) is 12.3. The molecule has 0 aliphatic carbocycles. The minimum atomic E-state index is -0.302. The SMILES string of the molecule is Cc1cc2c(=O)n(CC(=O)Nc3nccs3)c(C)nc2[nH]1. The number of rotatable bonds is 3. The van der Waals surface area contributed by atoms with Crippen LogP contribution in [0.3, 0.4) is 0 Å². The summed E-state index contributed by atoms with van der Waals surface area (Å²) in [4.78, 5) is 35.7. The Bertz CT molecular complexity index is 863. The number of hydrogen-bond donors (Lipinski definition) is 2. The molecule has 0 bridgehead atoms. The molecule has 0 fully saturated rings. The smallest absolute Gasteiger partial charge is 0.263 e. The normalized spacial score (nSPS) is 11.0. The Balaban J connectivity index is 1.93. The number of aromatic amines is 1. The molecular formula is C13H13N5O2S. The summed E-state index contributed by atoms with van der Waals surface area (Å²) >= 11 is 1.33. The molecule has 108 valence electrons. The minimum Gasteiger partial charge on any atom is -0.343 e. The van der Waals surface area contributed by atoms with Crippen LogP contribution >= 0.6 is 11.3 Å². The molecule has 3 aromatic rings. The fourth-order valence-corrected chi connectivity index (χ4v) is 2.66. The molecule has 3 rings (SSSR count). The van der Waals surface area contributed by atoms with Crippen LogP contribution in [0.15, 0.2) is 22.4 Å². The summed E-state index contributed by atoms with van der Waals surface area (Å²) in [6.45, 7) is 3.47. The number of aromatic nitrogens is 4. The third kappa shape index (κ3) is 2.57. The van der Waals surface area contributed by atoms with Gasteiger partial charge in [0.15, 0.2) is 5.13 Å². The van der Waals surface area contributed by atoms with Crippen molar-refractivity contribution in [3.05, 3.63) is 39.5 Å². The Kier molecular flexibility index (Phi) is 3.30. The van der Waals surface area contributed by atoms with E-state index in [2.05, 4.69) is 20.3 Å². The van der Waals surface area contributed by atoms with Crippen molar-refractivity contribution in [1.29, 1.82) is 0 Å². The summed E-state index contributed by atoms with van der Waals surface area (Å²) in [5, 5.41) is 5.42. The molecule has 3 heterocycles. The number of fused-ring (bicyclic) bond motifs is 1. The van der Waals surface area contributed by atoms with Gasteiger partial charge >= 0.3 is 0 Å². The second-order valence-corrected chi connectivity index (χ2v) is 5.54. The Morgan fingerprint density at radius 3 is 3.00 bits per heavy atom. The second kappa shape index (κ2) is 5.13. The second-order valence-electron chi connectivity index (χ2n) is 4.65. The maximum atomic E-state index is 12.4. The monoisotopic (exact) mass is 303 g/mol. The molecule has 0 aliphatic rings. The Hall–Kier alpha value is -2.48. The molecule has 8 heteroatoms. The highest BCUT2D eigenvalue weighted by Crippen LogP contribution is 2.11. The zero-order valence-electron chi connectivity index (χ0n) is 11.5. The number of carbonyl (C=O) groups excluding carboxylic acids is 1. The topological polar surface area (TPSA) is 92.7 Å². The van der Waals surface area contributed by atoms with E-state index in [0.29, 0.717) is 22.0 Å². The number of hydrogen-bond acceptors (Lipinski definition) is 5. The summed E-state index contributed by atoms with van der Waals surface area (Å²) in [6, 6.07) is 1.74. The van der Waals surface area contributed by atoms with E-state index < -0.39 is 0 Å². The maximum absolute atomic E-state index is 12.4. The lowest BCUT2D eigenvalue weighted by molar-refractivity contribution is -0.116. The van der Waals surface area contributed by atoms with Crippen LogP contribution in [0, 0.1) is 13.8 Å². The van der Waals surface area contributed by atoms with Crippen molar-refractivity contribution in [3.63, 3.8) is 0 Å². The molecular weight excluding hydrogens is 290 g/mol. The van der Waals surface area contributed by atoms with E-state index in [-0.39, 0.29) is 18.0 Å². The van der Waals surface area contributed by atoms with E-state index in [9.17, 15) is 9.59 Å². The van der Waals surface area contributed by atoms with Crippen molar-refractivity contribution in [3.8, 4) is 0 Å². The van der Waals surface area contributed by atoms with Crippen molar-refractivity contribution in [2.45, 2.75) is 20.4 Å². The number of anilines is 1. The maximum Gasteiger partial charge on any atom is 0.263 e. The lowest BCUT2D eigenvalue weighted by atomic mass is 10.3. The summed E-state index contributed by atoms with van der Waals surface area (Å²) in [5.41, 5.74) is 1.18. The molecule has 7 nitrogen and oxygen atoms in total. The van der Waals surface area contributed by atoms with E-state index in [0.717, 1.165) is 5.69 Å². The Morgan fingerprint density at radius 1 is 1.48 bits per heavy atom. The average molecular weight is 303 g/mol. The van der Waals surface area contributed by atoms with E-state index in [1.54, 1.807) is 24.6 Å². The molecule has 0 radical (unpaired) electrons. The van der Waals surface area contributed by atoms with Gasteiger partial charge in [-0.15, -0.1) is 11.3 Å². The highest BCUT2D eigenvalue weighted by molar-refractivity contribution is 7.13. The van der Waals surface area contributed by atoms with Crippen LogP contribution in [-0.4, -0.2) is 25.4 Å². The van der Waals surface area contributed by atoms with Crippen LogP contribution in [0.1, 0.15) is 11.5 Å². The average Bonchev–Trinajstić information content (AvgIpc) is 3.04.